The molecule has 0 aliphatic rings. The van der Waals surface area contributed by atoms with Gasteiger partial charge in [-0.3, -0.25) is 4.79 Å². The number of rotatable bonds is 11. The van der Waals surface area contributed by atoms with Gasteiger partial charge in [0.15, 0.2) is 6.17 Å². The predicted octanol–water partition coefficient (Wildman–Crippen LogP) is 3.55. The number of nitrogens with zero attached hydrogens (tertiary/aromatic N) is 1. The van der Waals surface area contributed by atoms with E-state index in [1.54, 1.807) is 0 Å². The molecule has 1 unspecified atom stereocenters. The summed E-state index contributed by atoms with van der Waals surface area (Å²) in [4.78, 5) is 11.9. The Morgan fingerprint density at radius 3 is 2.11 bits per heavy atom. The maximum Gasteiger partial charge on any atom is 0.224 e. The van der Waals surface area contributed by atoms with E-state index < -0.39 is 0 Å². The third-order valence-corrected chi connectivity index (χ3v) is 3.86. The summed E-state index contributed by atoms with van der Waals surface area (Å²) in [5.74, 6) is 0.0311. The molecule has 0 saturated heterocycles. The Hall–Kier alpha value is -0.610. The van der Waals surface area contributed by atoms with Gasteiger partial charge in [0, 0.05) is 12.8 Å². The standard InChI is InChI=1S/C15H32N2O2/c1-5-9-10-11-12-13-15(18)16-14(6-2)17(19,7-3)8-4/h14H,5-13H2,1-4H3,(H,16,18). The molecular weight excluding hydrogens is 240 g/mol. The molecule has 0 fully saturated rings. The van der Waals surface area contributed by atoms with Crippen LogP contribution in [0, 0.1) is 5.21 Å². The van der Waals surface area contributed by atoms with Gasteiger partial charge >= 0.3 is 0 Å². The zero-order valence-corrected chi connectivity index (χ0v) is 13.2. The molecule has 1 atom stereocenters. The van der Waals surface area contributed by atoms with E-state index in [0.717, 1.165) is 12.8 Å². The molecule has 0 aromatic heterocycles. The molecule has 1 amide bonds. The molecule has 19 heavy (non-hydrogen) atoms. The van der Waals surface area contributed by atoms with Crippen molar-refractivity contribution in [2.45, 2.75) is 78.8 Å². The first-order chi connectivity index (χ1) is 9.03. The number of quaternary nitrogens is 1. The van der Waals surface area contributed by atoms with Gasteiger partial charge in [-0.25, -0.2) is 0 Å². The number of unbranched alkanes of at least 4 members (excludes halogenated alkanes) is 4. The van der Waals surface area contributed by atoms with Crippen molar-refractivity contribution in [3.63, 3.8) is 0 Å². The largest absolute Gasteiger partial charge is 0.631 e. The van der Waals surface area contributed by atoms with E-state index in [4.69, 9.17) is 0 Å². The van der Waals surface area contributed by atoms with Crippen LogP contribution in [-0.2, 0) is 4.79 Å². The van der Waals surface area contributed by atoms with Gasteiger partial charge in [0.05, 0.1) is 13.1 Å². The molecule has 0 rings (SSSR count). The van der Waals surface area contributed by atoms with E-state index in [1.807, 2.05) is 20.8 Å². The molecule has 4 nitrogen and oxygen atoms in total. The minimum Gasteiger partial charge on any atom is -0.631 e. The maximum absolute atomic E-state index is 12.4. The highest BCUT2D eigenvalue weighted by Crippen LogP contribution is 2.13. The molecular formula is C15H32N2O2. The first kappa shape index (κ1) is 18.4. The average molecular weight is 272 g/mol. The third kappa shape index (κ3) is 6.92. The molecule has 0 spiro atoms. The highest BCUT2D eigenvalue weighted by molar-refractivity contribution is 5.75. The van der Waals surface area contributed by atoms with Crippen LogP contribution in [0.5, 0.6) is 0 Å². The van der Waals surface area contributed by atoms with E-state index in [2.05, 4.69) is 12.2 Å². The van der Waals surface area contributed by atoms with Gasteiger partial charge in [0.1, 0.15) is 0 Å². The topological polar surface area (TPSA) is 52.2 Å². The van der Waals surface area contributed by atoms with Gasteiger partial charge in [-0.15, -0.1) is 0 Å². The van der Waals surface area contributed by atoms with Gasteiger partial charge in [-0.1, -0.05) is 39.5 Å². The molecule has 0 saturated carbocycles. The molecule has 0 aliphatic carbocycles. The average Bonchev–Trinajstić information content (AvgIpc) is 2.43. The Bertz CT molecular complexity index is 240. The number of hydrogen-bond donors (Lipinski definition) is 1. The lowest BCUT2D eigenvalue weighted by Gasteiger charge is -2.47. The van der Waals surface area contributed by atoms with Gasteiger partial charge in [0.25, 0.3) is 0 Å². The Balaban J connectivity index is 4.06. The molecule has 0 aliphatic heterocycles. The summed E-state index contributed by atoms with van der Waals surface area (Å²) in [6.45, 7) is 8.92. The SMILES string of the molecule is CCCCCCCC(=O)NC(CC)[N+]([O-])(CC)CC. The van der Waals surface area contributed by atoms with Crippen molar-refractivity contribution in [3.8, 4) is 0 Å². The Kier molecular flexibility index (Phi) is 9.88. The number of nitrogens with one attached hydrogen (secondary N) is 1. The van der Waals surface area contributed by atoms with Gasteiger partial charge < -0.3 is 15.2 Å². The fourth-order valence-electron chi connectivity index (χ4n) is 2.36. The summed E-state index contributed by atoms with van der Waals surface area (Å²) in [6, 6.07) is 0. The fraction of sp³-hybridized carbons (Fsp3) is 0.933. The molecule has 4 heteroatoms. The van der Waals surface area contributed by atoms with Crippen LogP contribution < -0.4 is 5.32 Å². The van der Waals surface area contributed by atoms with Crippen molar-refractivity contribution in [1.82, 2.24) is 5.32 Å². The summed E-state index contributed by atoms with van der Waals surface area (Å²) in [6.07, 6.45) is 6.64. The van der Waals surface area contributed by atoms with Crippen LogP contribution in [0.3, 0.4) is 0 Å². The first-order valence-corrected chi connectivity index (χ1v) is 7.91. The van der Waals surface area contributed by atoms with Crippen LogP contribution in [0.25, 0.3) is 0 Å². The van der Waals surface area contributed by atoms with Crippen LogP contribution in [0.4, 0.5) is 0 Å². The predicted molar refractivity (Wildman–Crippen MR) is 80.3 cm³/mol. The van der Waals surface area contributed by atoms with Crippen LogP contribution >= 0.6 is 0 Å². The van der Waals surface area contributed by atoms with Crippen molar-refractivity contribution in [2.24, 2.45) is 0 Å². The van der Waals surface area contributed by atoms with Crippen molar-refractivity contribution in [3.05, 3.63) is 5.21 Å². The molecule has 0 bridgehead atoms. The highest BCUT2D eigenvalue weighted by atomic mass is 16.5. The molecule has 0 radical (unpaired) electrons. The lowest BCUT2D eigenvalue weighted by Crippen LogP contribution is -2.58. The van der Waals surface area contributed by atoms with Crippen LogP contribution in [0.2, 0.25) is 0 Å². The monoisotopic (exact) mass is 272 g/mol. The van der Waals surface area contributed by atoms with Crippen molar-refractivity contribution in [2.75, 3.05) is 13.1 Å². The lowest BCUT2D eigenvalue weighted by molar-refractivity contribution is -0.904. The summed E-state index contributed by atoms with van der Waals surface area (Å²) >= 11 is 0. The van der Waals surface area contributed by atoms with Crippen molar-refractivity contribution in [1.29, 1.82) is 0 Å². The van der Waals surface area contributed by atoms with E-state index >= 15 is 0 Å². The Morgan fingerprint density at radius 2 is 1.63 bits per heavy atom. The van der Waals surface area contributed by atoms with Gasteiger partial charge in [-0.05, 0) is 20.3 Å². The molecule has 114 valence electrons. The minimum atomic E-state index is -0.321. The quantitative estimate of drug-likeness (QED) is 0.271. The fourth-order valence-corrected chi connectivity index (χ4v) is 2.36. The Morgan fingerprint density at radius 1 is 1.05 bits per heavy atom. The highest BCUT2D eigenvalue weighted by Gasteiger charge is 2.25. The normalized spacial score (nSPS) is 13.3. The third-order valence-electron chi connectivity index (χ3n) is 3.86. The number of amides is 1. The lowest BCUT2D eigenvalue weighted by atomic mass is 10.1. The van der Waals surface area contributed by atoms with E-state index in [0.29, 0.717) is 25.9 Å². The van der Waals surface area contributed by atoms with Crippen molar-refractivity contribution >= 4 is 5.91 Å². The van der Waals surface area contributed by atoms with Gasteiger partial charge in [0.2, 0.25) is 5.91 Å². The number of carbonyl (C=O) groups is 1. The van der Waals surface area contributed by atoms with Crippen LogP contribution in [0.1, 0.15) is 72.6 Å². The first-order valence-electron chi connectivity index (χ1n) is 7.91. The van der Waals surface area contributed by atoms with Gasteiger partial charge in [-0.2, -0.15) is 0 Å². The zero-order valence-electron chi connectivity index (χ0n) is 13.2. The second-order valence-electron chi connectivity index (χ2n) is 5.24. The molecule has 0 aromatic carbocycles. The summed E-state index contributed by atoms with van der Waals surface area (Å²) in [5.41, 5.74) is 0. The summed E-state index contributed by atoms with van der Waals surface area (Å²) in [5, 5.41) is 15.4. The number of carbonyl (C=O) groups excluding carboxylic acids is 1. The van der Waals surface area contributed by atoms with Crippen LogP contribution in [-0.4, -0.2) is 29.8 Å². The minimum absolute atomic E-state index is 0.0311. The Labute approximate surface area is 118 Å². The molecule has 0 aromatic rings. The molecule has 1 N–H and O–H groups in total. The van der Waals surface area contributed by atoms with E-state index in [9.17, 15) is 10.0 Å². The summed E-state index contributed by atoms with van der Waals surface area (Å²) in [7, 11) is 0. The summed E-state index contributed by atoms with van der Waals surface area (Å²) < 4.78 is -0.321. The second kappa shape index (κ2) is 10.2. The number of hydroxylamine groups is 3. The van der Waals surface area contributed by atoms with E-state index in [-0.39, 0.29) is 16.7 Å². The number of hydrogen-bond acceptors (Lipinski definition) is 2. The van der Waals surface area contributed by atoms with E-state index in [1.165, 1.54) is 19.3 Å². The smallest absolute Gasteiger partial charge is 0.224 e. The molecule has 0 heterocycles. The maximum atomic E-state index is 12.4. The zero-order chi connectivity index (χ0) is 14.7. The second-order valence-corrected chi connectivity index (χ2v) is 5.24. The van der Waals surface area contributed by atoms with Crippen molar-refractivity contribution < 1.29 is 9.44 Å². The van der Waals surface area contributed by atoms with Crippen LogP contribution in [0.15, 0.2) is 0 Å².